The Morgan fingerprint density at radius 1 is 0.912 bits per heavy atom. The van der Waals surface area contributed by atoms with Gasteiger partial charge in [0.25, 0.3) is 0 Å². The quantitative estimate of drug-likeness (QED) is 0.317. The van der Waals surface area contributed by atoms with Crippen molar-refractivity contribution >= 4 is 23.5 Å². The van der Waals surface area contributed by atoms with Crippen molar-refractivity contribution < 1.29 is 14.6 Å². The first-order valence-corrected chi connectivity index (χ1v) is 12.5. The van der Waals surface area contributed by atoms with Gasteiger partial charge in [0.1, 0.15) is 5.60 Å². The van der Waals surface area contributed by atoms with Gasteiger partial charge in [0, 0.05) is 22.9 Å². The molecule has 3 aromatic carbocycles. The maximum atomic E-state index is 12.4. The summed E-state index contributed by atoms with van der Waals surface area (Å²) in [4.78, 5) is 13.6. The lowest BCUT2D eigenvalue weighted by molar-refractivity contribution is 0.0433. The zero-order valence-electron chi connectivity index (χ0n) is 20.0. The molecule has 2 atom stereocenters. The Kier molecular flexibility index (Phi) is 9.42. The van der Waals surface area contributed by atoms with E-state index < -0.39 is 23.8 Å². The van der Waals surface area contributed by atoms with Gasteiger partial charge in [0.2, 0.25) is 0 Å². The highest BCUT2D eigenvalue weighted by atomic mass is 32.2. The third-order valence-corrected chi connectivity index (χ3v) is 6.17. The van der Waals surface area contributed by atoms with Gasteiger partial charge in [-0.05, 0) is 62.6 Å². The Balaban J connectivity index is 1.55. The second-order valence-corrected chi connectivity index (χ2v) is 10.2. The molecule has 5 nitrogen and oxygen atoms in total. The summed E-state index contributed by atoms with van der Waals surface area (Å²) < 4.78 is 5.40. The van der Waals surface area contributed by atoms with Crippen LogP contribution in [-0.4, -0.2) is 35.5 Å². The van der Waals surface area contributed by atoms with Crippen LogP contribution in [0.4, 0.5) is 10.5 Å². The van der Waals surface area contributed by atoms with Crippen LogP contribution in [0.1, 0.15) is 31.9 Å². The van der Waals surface area contributed by atoms with Crippen LogP contribution in [0.5, 0.6) is 0 Å². The molecule has 0 heterocycles. The van der Waals surface area contributed by atoms with E-state index in [9.17, 15) is 9.90 Å². The zero-order valence-corrected chi connectivity index (χ0v) is 20.8. The summed E-state index contributed by atoms with van der Waals surface area (Å²) in [7, 11) is 0. The van der Waals surface area contributed by atoms with Gasteiger partial charge in [-0.1, -0.05) is 60.7 Å². The van der Waals surface area contributed by atoms with Gasteiger partial charge in [-0.15, -0.1) is 11.8 Å². The Morgan fingerprint density at radius 2 is 1.50 bits per heavy atom. The number of nitrogens with one attached hydrogen (secondary N) is 2. The van der Waals surface area contributed by atoms with E-state index in [2.05, 4.69) is 47.0 Å². The number of hydrogen-bond donors (Lipinski definition) is 3. The molecule has 34 heavy (non-hydrogen) atoms. The number of rotatable bonds is 10. The molecule has 1 amide bonds. The van der Waals surface area contributed by atoms with E-state index in [-0.39, 0.29) is 0 Å². The molecule has 0 bridgehead atoms. The number of aliphatic hydroxyl groups excluding tert-OH is 1. The number of anilines is 1. The minimum Gasteiger partial charge on any atom is -0.444 e. The SMILES string of the molecule is CC(C)(C)OC(=O)N[C@@H](Cc1ccccc1)[C@H](O)CNc1ccc(SCc2ccccc2)cc1. The Labute approximate surface area is 206 Å². The predicted octanol–water partition coefficient (Wildman–Crippen LogP) is 5.89. The summed E-state index contributed by atoms with van der Waals surface area (Å²) in [5.41, 5.74) is 2.63. The predicted molar refractivity (Wildman–Crippen MR) is 140 cm³/mol. The van der Waals surface area contributed by atoms with Crippen LogP contribution >= 0.6 is 11.8 Å². The third kappa shape index (κ3) is 9.12. The Bertz CT molecular complexity index is 1010. The van der Waals surface area contributed by atoms with Crippen LogP contribution in [0.25, 0.3) is 0 Å². The van der Waals surface area contributed by atoms with Crippen LogP contribution < -0.4 is 10.6 Å². The smallest absolute Gasteiger partial charge is 0.407 e. The Morgan fingerprint density at radius 3 is 2.09 bits per heavy atom. The number of amides is 1. The van der Waals surface area contributed by atoms with Crippen LogP contribution in [-0.2, 0) is 16.9 Å². The molecule has 0 radical (unpaired) electrons. The van der Waals surface area contributed by atoms with Crippen LogP contribution in [0.2, 0.25) is 0 Å². The van der Waals surface area contributed by atoms with Gasteiger partial charge in [0.15, 0.2) is 0 Å². The van der Waals surface area contributed by atoms with Gasteiger partial charge >= 0.3 is 6.09 Å². The van der Waals surface area contributed by atoms with E-state index in [0.717, 1.165) is 17.0 Å². The lowest BCUT2D eigenvalue weighted by atomic mass is 10.0. The van der Waals surface area contributed by atoms with E-state index in [1.54, 1.807) is 11.8 Å². The zero-order chi connectivity index (χ0) is 24.4. The van der Waals surface area contributed by atoms with Gasteiger partial charge in [-0.3, -0.25) is 0 Å². The van der Waals surface area contributed by atoms with E-state index in [1.807, 2.05) is 69.3 Å². The van der Waals surface area contributed by atoms with Crippen molar-refractivity contribution in [1.29, 1.82) is 0 Å². The second kappa shape index (κ2) is 12.5. The molecular formula is C28H34N2O3S. The van der Waals surface area contributed by atoms with Gasteiger partial charge in [-0.2, -0.15) is 0 Å². The summed E-state index contributed by atoms with van der Waals surface area (Å²) in [5, 5.41) is 17.0. The number of hydrogen-bond acceptors (Lipinski definition) is 5. The summed E-state index contributed by atoms with van der Waals surface area (Å²) in [6.07, 6.45) is -0.843. The van der Waals surface area contributed by atoms with E-state index >= 15 is 0 Å². The first-order chi connectivity index (χ1) is 16.3. The van der Waals surface area contributed by atoms with Crippen molar-refractivity contribution in [2.24, 2.45) is 0 Å². The van der Waals surface area contributed by atoms with Crippen molar-refractivity contribution in [2.45, 2.75) is 55.6 Å². The number of alkyl carbamates (subject to hydrolysis) is 1. The summed E-state index contributed by atoms with van der Waals surface area (Å²) >= 11 is 1.79. The third-order valence-electron chi connectivity index (χ3n) is 5.08. The molecule has 3 aromatic rings. The molecule has 0 saturated carbocycles. The van der Waals surface area contributed by atoms with Crippen molar-refractivity contribution in [3.8, 4) is 0 Å². The average molecular weight is 479 g/mol. The fourth-order valence-electron chi connectivity index (χ4n) is 3.38. The fourth-order valence-corrected chi connectivity index (χ4v) is 4.24. The molecule has 0 spiro atoms. The summed E-state index contributed by atoms with van der Waals surface area (Å²) in [6.45, 7) is 5.75. The molecule has 180 valence electrons. The Hall–Kier alpha value is -2.96. The number of benzene rings is 3. The highest BCUT2D eigenvalue weighted by Crippen LogP contribution is 2.24. The molecule has 0 aliphatic rings. The van der Waals surface area contributed by atoms with Crippen molar-refractivity contribution in [3.63, 3.8) is 0 Å². The van der Waals surface area contributed by atoms with Gasteiger partial charge in [0.05, 0.1) is 12.1 Å². The lowest BCUT2D eigenvalue weighted by Crippen LogP contribution is -2.49. The highest BCUT2D eigenvalue weighted by Gasteiger charge is 2.25. The molecule has 3 N–H and O–H groups in total. The molecule has 0 aliphatic carbocycles. The molecule has 0 aromatic heterocycles. The van der Waals surface area contributed by atoms with E-state index in [0.29, 0.717) is 13.0 Å². The number of thioether (sulfide) groups is 1. The van der Waals surface area contributed by atoms with Gasteiger partial charge in [-0.25, -0.2) is 4.79 Å². The lowest BCUT2D eigenvalue weighted by Gasteiger charge is -2.27. The molecule has 3 rings (SSSR count). The van der Waals surface area contributed by atoms with E-state index in [1.165, 1.54) is 10.5 Å². The normalized spacial score (nSPS) is 13.1. The number of carbonyl (C=O) groups is 1. The molecule has 0 aliphatic heterocycles. The second-order valence-electron chi connectivity index (χ2n) is 9.19. The monoisotopic (exact) mass is 478 g/mol. The first kappa shape index (κ1) is 25.7. The molecule has 0 unspecified atom stereocenters. The highest BCUT2D eigenvalue weighted by molar-refractivity contribution is 7.98. The average Bonchev–Trinajstić information content (AvgIpc) is 2.81. The van der Waals surface area contributed by atoms with E-state index in [4.69, 9.17) is 4.74 Å². The topological polar surface area (TPSA) is 70.6 Å². The maximum Gasteiger partial charge on any atom is 0.407 e. The number of ether oxygens (including phenoxy) is 1. The molecular weight excluding hydrogens is 444 g/mol. The minimum atomic E-state index is -0.806. The summed E-state index contributed by atoms with van der Waals surface area (Å²) in [5.74, 6) is 0.920. The molecule has 0 saturated heterocycles. The van der Waals surface area contributed by atoms with Crippen molar-refractivity contribution in [3.05, 3.63) is 96.1 Å². The standard InChI is InChI=1S/C28H34N2O3S/c1-28(2,3)33-27(32)30-25(18-21-10-6-4-7-11-21)26(31)19-29-23-14-16-24(17-15-23)34-20-22-12-8-5-9-13-22/h4-17,25-26,29,31H,18-20H2,1-3H3,(H,30,32)/t25-,26+/m0/s1. The van der Waals surface area contributed by atoms with Gasteiger partial charge < -0.3 is 20.5 Å². The maximum absolute atomic E-state index is 12.4. The number of aliphatic hydroxyl groups is 1. The molecule has 0 fully saturated rings. The first-order valence-electron chi connectivity index (χ1n) is 11.5. The molecule has 6 heteroatoms. The minimum absolute atomic E-state index is 0.295. The largest absolute Gasteiger partial charge is 0.444 e. The number of carbonyl (C=O) groups excluding carboxylic acids is 1. The van der Waals surface area contributed by atoms with Crippen LogP contribution in [0.3, 0.4) is 0 Å². The van der Waals surface area contributed by atoms with Crippen molar-refractivity contribution in [2.75, 3.05) is 11.9 Å². The van der Waals surface area contributed by atoms with Crippen LogP contribution in [0, 0.1) is 0 Å². The van der Waals surface area contributed by atoms with Crippen LogP contribution in [0.15, 0.2) is 89.8 Å². The van der Waals surface area contributed by atoms with Crippen molar-refractivity contribution in [1.82, 2.24) is 5.32 Å². The summed E-state index contributed by atoms with van der Waals surface area (Å²) in [6, 6.07) is 27.8. The fraction of sp³-hybridized carbons (Fsp3) is 0.321.